The van der Waals surface area contributed by atoms with Gasteiger partial charge in [-0.3, -0.25) is 4.79 Å². The number of ether oxygens (including phenoxy) is 2. The van der Waals surface area contributed by atoms with Gasteiger partial charge in [-0.05, 0) is 42.8 Å². The summed E-state index contributed by atoms with van der Waals surface area (Å²) in [6, 6.07) is 9.29. The second kappa shape index (κ2) is 9.24. The Morgan fingerprint density at radius 3 is 2.43 bits per heavy atom. The molecule has 0 aliphatic carbocycles. The van der Waals surface area contributed by atoms with Crippen molar-refractivity contribution in [3.05, 3.63) is 52.5 Å². The van der Waals surface area contributed by atoms with E-state index >= 15 is 0 Å². The van der Waals surface area contributed by atoms with Crippen molar-refractivity contribution >= 4 is 27.5 Å². The molecule has 162 valence electrons. The number of hydrogen-bond acceptors (Lipinski definition) is 5. The quantitative estimate of drug-likeness (QED) is 0.693. The number of carbonyl (C=O) groups is 1. The maximum atomic E-state index is 12.9. The summed E-state index contributed by atoms with van der Waals surface area (Å²) in [7, 11) is -3.70. The van der Waals surface area contributed by atoms with Gasteiger partial charge in [0.15, 0.2) is 11.5 Å². The number of hydrogen-bond donors (Lipinski definition) is 1. The Morgan fingerprint density at radius 1 is 1.10 bits per heavy atom. The van der Waals surface area contributed by atoms with Crippen molar-refractivity contribution in [1.82, 2.24) is 9.62 Å². The molecule has 30 heavy (non-hydrogen) atoms. The normalized spacial score (nSPS) is 14.4. The standard InChI is InChI=1S/C21H25ClN2O5S/c1-4-24(5-2)30(26,27)16-7-8-18(22)17(13-16)21(25)23-14(3)15-6-9-19-20(12-15)29-11-10-28-19/h6-9,12-14H,4-5,10-11H2,1-3H3,(H,23,25). The molecule has 0 saturated carbocycles. The van der Waals surface area contributed by atoms with Crippen LogP contribution in [0.25, 0.3) is 0 Å². The molecule has 0 bridgehead atoms. The van der Waals surface area contributed by atoms with Crippen LogP contribution in [0.5, 0.6) is 11.5 Å². The molecule has 1 aliphatic heterocycles. The molecule has 1 aliphatic rings. The van der Waals surface area contributed by atoms with E-state index in [9.17, 15) is 13.2 Å². The topological polar surface area (TPSA) is 84.9 Å². The summed E-state index contributed by atoms with van der Waals surface area (Å²) in [4.78, 5) is 12.9. The second-order valence-corrected chi connectivity index (χ2v) is 9.17. The molecule has 1 amide bonds. The fourth-order valence-electron chi connectivity index (χ4n) is 3.24. The minimum atomic E-state index is -3.70. The maximum absolute atomic E-state index is 12.9. The van der Waals surface area contributed by atoms with E-state index in [1.807, 2.05) is 19.1 Å². The molecule has 1 atom stereocenters. The van der Waals surface area contributed by atoms with Gasteiger partial charge in [0.05, 0.1) is 21.5 Å². The Morgan fingerprint density at radius 2 is 1.77 bits per heavy atom. The first-order chi connectivity index (χ1) is 14.3. The highest BCUT2D eigenvalue weighted by atomic mass is 35.5. The van der Waals surface area contributed by atoms with Crippen molar-refractivity contribution in [2.75, 3.05) is 26.3 Å². The molecule has 1 unspecified atom stereocenters. The molecule has 3 rings (SSSR count). The predicted molar refractivity (Wildman–Crippen MR) is 115 cm³/mol. The first kappa shape index (κ1) is 22.4. The van der Waals surface area contributed by atoms with Crippen molar-refractivity contribution < 1.29 is 22.7 Å². The Kier molecular flexibility index (Phi) is 6.90. The number of halogens is 1. The van der Waals surface area contributed by atoms with Crippen molar-refractivity contribution in [3.8, 4) is 11.5 Å². The predicted octanol–water partition coefficient (Wildman–Crippen LogP) is 3.63. The molecule has 1 heterocycles. The summed E-state index contributed by atoms with van der Waals surface area (Å²) in [5.41, 5.74) is 0.935. The molecule has 9 heteroatoms. The van der Waals surface area contributed by atoms with E-state index in [1.165, 1.54) is 22.5 Å². The summed E-state index contributed by atoms with van der Waals surface area (Å²) in [6.45, 7) is 7.01. The van der Waals surface area contributed by atoms with E-state index in [0.29, 0.717) is 37.8 Å². The van der Waals surface area contributed by atoms with Gasteiger partial charge in [0.2, 0.25) is 10.0 Å². The summed E-state index contributed by atoms with van der Waals surface area (Å²) in [5, 5.41) is 3.05. The third kappa shape index (κ3) is 4.55. The summed E-state index contributed by atoms with van der Waals surface area (Å²) in [5.74, 6) is 0.838. The number of amides is 1. The first-order valence-corrected chi connectivity index (χ1v) is 11.6. The van der Waals surface area contributed by atoms with Crippen molar-refractivity contribution in [1.29, 1.82) is 0 Å². The monoisotopic (exact) mass is 452 g/mol. The van der Waals surface area contributed by atoms with Gasteiger partial charge in [-0.1, -0.05) is 31.5 Å². The zero-order chi connectivity index (χ0) is 21.9. The van der Waals surface area contributed by atoms with Crippen LogP contribution < -0.4 is 14.8 Å². The highest BCUT2D eigenvalue weighted by Crippen LogP contribution is 2.33. The number of nitrogens with zero attached hydrogens (tertiary/aromatic N) is 1. The van der Waals surface area contributed by atoms with Gasteiger partial charge >= 0.3 is 0 Å². The minimum Gasteiger partial charge on any atom is -0.486 e. The van der Waals surface area contributed by atoms with Gasteiger partial charge in [0.1, 0.15) is 13.2 Å². The number of rotatable bonds is 7. The lowest BCUT2D eigenvalue weighted by Crippen LogP contribution is -2.31. The Labute approximate surface area is 182 Å². The molecule has 0 radical (unpaired) electrons. The molecular weight excluding hydrogens is 428 g/mol. The van der Waals surface area contributed by atoms with E-state index in [-0.39, 0.29) is 21.5 Å². The van der Waals surface area contributed by atoms with Gasteiger partial charge in [0, 0.05) is 13.1 Å². The van der Waals surface area contributed by atoms with Crippen LogP contribution in [0.3, 0.4) is 0 Å². The Balaban J connectivity index is 1.83. The highest BCUT2D eigenvalue weighted by molar-refractivity contribution is 7.89. The van der Waals surface area contributed by atoms with Crippen LogP contribution in [0.1, 0.15) is 42.7 Å². The molecule has 0 spiro atoms. The molecule has 0 saturated heterocycles. The van der Waals surface area contributed by atoms with E-state index < -0.39 is 15.9 Å². The average Bonchev–Trinajstić information content (AvgIpc) is 2.74. The van der Waals surface area contributed by atoms with Crippen molar-refractivity contribution in [3.63, 3.8) is 0 Å². The SMILES string of the molecule is CCN(CC)S(=O)(=O)c1ccc(Cl)c(C(=O)NC(C)c2ccc3c(c2)OCCO3)c1. The molecule has 2 aromatic rings. The summed E-state index contributed by atoms with van der Waals surface area (Å²) in [6.07, 6.45) is 0. The van der Waals surface area contributed by atoms with Gasteiger partial charge < -0.3 is 14.8 Å². The second-order valence-electron chi connectivity index (χ2n) is 6.83. The van der Waals surface area contributed by atoms with Gasteiger partial charge in [0.25, 0.3) is 5.91 Å². The number of fused-ring (bicyclic) bond motifs is 1. The van der Waals surface area contributed by atoms with Gasteiger partial charge in [-0.25, -0.2) is 8.42 Å². The zero-order valence-electron chi connectivity index (χ0n) is 17.1. The number of carbonyl (C=O) groups excluding carboxylic acids is 1. The van der Waals surface area contributed by atoms with E-state index in [2.05, 4.69) is 5.32 Å². The minimum absolute atomic E-state index is 0.0349. The van der Waals surface area contributed by atoms with E-state index in [4.69, 9.17) is 21.1 Å². The lowest BCUT2D eigenvalue weighted by molar-refractivity contribution is 0.0939. The fourth-order valence-corrected chi connectivity index (χ4v) is 4.93. The first-order valence-electron chi connectivity index (χ1n) is 9.78. The fraction of sp³-hybridized carbons (Fsp3) is 0.381. The Bertz CT molecular complexity index is 1040. The van der Waals surface area contributed by atoms with Gasteiger partial charge in [-0.2, -0.15) is 4.31 Å². The third-order valence-electron chi connectivity index (χ3n) is 4.94. The van der Waals surface area contributed by atoms with Crippen LogP contribution in [-0.2, 0) is 10.0 Å². The van der Waals surface area contributed by atoms with Crippen LogP contribution >= 0.6 is 11.6 Å². The molecule has 0 aromatic heterocycles. The number of sulfonamides is 1. The maximum Gasteiger partial charge on any atom is 0.253 e. The third-order valence-corrected chi connectivity index (χ3v) is 7.31. The van der Waals surface area contributed by atoms with Crippen LogP contribution in [0.15, 0.2) is 41.3 Å². The average molecular weight is 453 g/mol. The molecule has 0 fully saturated rings. The van der Waals surface area contributed by atoms with E-state index in [0.717, 1.165) is 5.56 Å². The van der Waals surface area contributed by atoms with E-state index in [1.54, 1.807) is 19.9 Å². The lowest BCUT2D eigenvalue weighted by atomic mass is 10.1. The van der Waals surface area contributed by atoms with Crippen LogP contribution in [0.4, 0.5) is 0 Å². The van der Waals surface area contributed by atoms with Crippen LogP contribution in [0, 0.1) is 0 Å². The van der Waals surface area contributed by atoms with Crippen molar-refractivity contribution in [2.45, 2.75) is 31.7 Å². The smallest absolute Gasteiger partial charge is 0.253 e. The highest BCUT2D eigenvalue weighted by Gasteiger charge is 2.24. The van der Waals surface area contributed by atoms with Crippen molar-refractivity contribution in [2.24, 2.45) is 0 Å². The molecule has 1 N–H and O–H groups in total. The lowest BCUT2D eigenvalue weighted by Gasteiger charge is -2.21. The molecule has 7 nitrogen and oxygen atoms in total. The summed E-state index contributed by atoms with van der Waals surface area (Å²) >= 11 is 6.21. The Hall–Kier alpha value is -2.29. The molecule has 2 aromatic carbocycles. The van der Waals surface area contributed by atoms with Crippen LogP contribution in [-0.4, -0.2) is 44.9 Å². The number of nitrogens with one attached hydrogen (secondary N) is 1. The largest absolute Gasteiger partial charge is 0.486 e. The summed E-state index contributed by atoms with van der Waals surface area (Å²) < 4.78 is 38.0. The van der Waals surface area contributed by atoms with Gasteiger partial charge in [-0.15, -0.1) is 0 Å². The number of benzene rings is 2. The van der Waals surface area contributed by atoms with Crippen LogP contribution in [0.2, 0.25) is 5.02 Å². The molecular formula is C21H25ClN2O5S. The zero-order valence-corrected chi connectivity index (χ0v) is 18.7.